The molecular weight excluding hydrogens is 625 g/mol. The highest BCUT2D eigenvalue weighted by Crippen LogP contribution is 2.42. The highest BCUT2D eigenvalue weighted by molar-refractivity contribution is 6.39. The normalized spacial score (nSPS) is 17.2. The van der Waals surface area contributed by atoms with Crippen LogP contribution < -0.4 is 20.1 Å². The third-order valence-corrected chi connectivity index (χ3v) is 9.09. The zero-order chi connectivity index (χ0) is 32.2. The van der Waals surface area contributed by atoms with Crippen LogP contribution in [0.5, 0.6) is 11.6 Å². The van der Waals surface area contributed by atoms with E-state index in [-0.39, 0.29) is 11.9 Å². The fourth-order valence-corrected chi connectivity index (χ4v) is 6.68. The number of hydrogen-bond acceptors (Lipinski definition) is 8. The molecule has 11 heteroatoms. The molecule has 0 saturated carbocycles. The van der Waals surface area contributed by atoms with Crippen molar-refractivity contribution in [1.82, 2.24) is 25.5 Å². The van der Waals surface area contributed by atoms with E-state index >= 15 is 0 Å². The van der Waals surface area contributed by atoms with Gasteiger partial charge >= 0.3 is 0 Å². The molecule has 2 unspecified atom stereocenters. The van der Waals surface area contributed by atoms with Gasteiger partial charge in [-0.2, -0.15) is 0 Å². The topological polar surface area (TPSA) is 109 Å². The van der Waals surface area contributed by atoms with Gasteiger partial charge in [-0.05, 0) is 31.5 Å². The largest absolute Gasteiger partial charge is 0.492 e. The molecule has 2 aromatic heterocycles. The monoisotopic (exact) mass is 661 g/mol. The average Bonchev–Trinajstić information content (AvgIpc) is 3.35. The molecule has 6 rings (SSSR count). The number of rotatable bonds is 10. The number of carbonyl (C=O) groups excluding carboxylic acids is 1. The number of nitrogens with zero attached hydrogens (tertiary/aromatic N) is 3. The molecule has 2 aliphatic heterocycles. The number of methoxy groups -OCH3 is 1. The molecule has 4 aromatic rings. The summed E-state index contributed by atoms with van der Waals surface area (Å²) in [6, 6.07) is 17.7. The number of benzene rings is 2. The third-order valence-electron chi connectivity index (χ3n) is 8.30. The number of halogens is 2. The van der Waals surface area contributed by atoms with Crippen LogP contribution in [0.15, 0.2) is 60.8 Å². The summed E-state index contributed by atoms with van der Waals surface area (Å²) < 4.78 is 11.7. The van der Waals surface area contributed by atoms with Crippen LogP contribution in [0.2, 0.25) is 10.0 Å². The number of amides is 1. The van der Waals surface area contributed by atoms with Gasteiger partial charge < -0.3 is 25.2 Å². The average molecular weight is 663 g/mol. The first kappa shape index (κ1) is 32.2. The van der Waals surface area contributed by atoms with Crippen LogP contribution in [0.1, 0.15) is 30.9 Å². The number of nitrogens with one attached hydrogen (secondary N) is 2. The quantitative estimate of drug-likeness (QED) is 0.198. The van der Waals surface area contributed by atoms with E-state index in [1.165, 1.54) is 0 Å². The number of hydrogen-bond donors (Lipinski definition) is 3. The first-order chi connectivity index (χ1) is 22.3. The lowest BCUT2D eigenvalue weighted by Crippen LogP contribution is -2.35. The molecule has 2 atom stereocenters. The minimum atomic E-state index is -0.407. The molecule has 3 N–H and O–H groups in total. The molecule has 1 fully saturated rings. The first-order valence-corrected chi connectivity index (χ1v) is 16.2. The van der Waals surface area contributed by atoms with Crippen molar-refractivity contribution in [2.45, 2.75) is 45.0 Å². The van der Waals surface area contributed by atoms with Gasteiger partial charge in [0.25, 0.3) is 0 Å². The van der Waals surface area contributed by atoms with E-state index in [1.807, 2.05) is 54.6 Å². The van der Waals surface area contributed by atoms with Gasteiger partial charge in [-0.1, -0.05) is 59.6 Å². The highest BCUT2D eigenvalue weighted by Gasteiger charge is 2.22. The van der Waals surface area contributed by atoms with E-state index in [1.54, 1.807) is 20.2 Å². The Morgan fingerprint density at radius 3 is 2.74 bits per heavy atom. The Morgan fingerprint density at radius 2 is 1.96 bits per heavy atom. The Balaban J connectivity index is 1.25. The molecular formula is C35H37Cl2N5O4. The van der Waals surface area contributed by atoms with Gasteiger partial charge in [0.1, 0.15) is 12.4 Å². The maximum atomic E-state index is 11.5. The predicted molar refractivity (Wildman–Crippen MR) is 180 cm³/mol. The second-order valence-electron chi connectivity index (χ2n) is 11.7. The van der Waals surface area contributed by atoms with Gasteiger partial charge in [0.15, 0.2) is 0 Å². The summed E-state index contributed by atoms with van der Waals surface area (Å²) in [5, 5.41) is 17.2. The van der Waals surface area contributed by atoms with Gasteiger partial charge in [-0.3, -0.25) is 14.7 Å². The lowest BCUT2D eigenvalue weighted by molar-refractivity contribution is -0.119. The minimum Gasteiger partial charge on any atom is -0.492 e. The summed E-state index contributed by atoms with van der Waals surface area (Å²) in [6.07, 6.45) is 2.74. The molecule has 4 heterocycles. The smallest absolute Gasteiger partial charge is 0.220 e. The Hall–Kier alpha value is -3.73. The molecule has 2 aromatic carbocycles. The standard InChI is InChI=1S/C35H37Cl2N5O4/c1-21(43)19-42-14-15-46-30-16-22(6-7-24(30)20-42)34-33(37)27(12-13-39-34)26-4-3-5-28(32(26)36)29-10-8-23(35(41-29)45-2)17-38-18-25-9-11-31(44)40-25/h3-8,10,12-13,16,21,25,38,43H,9,11,14-15,17-20H2,1-2H3,(H,40,44). The number of carbonyl (C=O) groups is 1. The van der Waals surface area contributed by atoms with E-state index in [9.17, 15) is 9.90 Å². The number of aliphatic hydroxyl groups is 1. The number of aromatic nitrogens is 2. The zero-order valence-corrected chi connectivity index (χ0v) is 27.4. The van der Waals surface area contributed by atoms with Crippen LogP contribution in [0.3, 0.4) is 0 Å². The van der Waals surface area contributed by atoms with Crippen molar-refractivity contribution in [1.29, 1.82) is 0 Å². The summed E-state index contributed by atoms with van der Waals surface area (Å²) in [7, 11) is 1.60. The molecule has 1 saturated heterocycles. The molecule has 240 valence electrons. The van der Waals surface area contributed by atoms with Crippen molar-refractivity contribution in [3.8, 4) is 45.3 Å². The number of fused-ring (bicyclic) bond motifs is 1. The Morgan fingerprint density at radius 1 is 1.13 bits per heavy atom. The van der Waals surface area contributed by atoms with Gasteiger partial charge in [0, 0.05) is 84.8 Å². The second kappa shape index (κ2) is 14.4. The maximum Gasteiger partial charge on any atom is 0.220 e. The lowest BCUT2D eigenvalue weighted by atomic mass is 9.99. The maximum absolute atomic E-state index is 11.5. The zero-order valence-electron chi connectivity index (χ0n) is 25.9. The summed E-state index contributed by atoms with van der Waals surface area (Å²) in [5.41, 5.74) is 6.37. The Kier molecular flexibility index (Phi) is 10.1. The van der Waals surface area contributed by atoms with E-state index in [0.717, 1.165) is 52.1 Å². The molecule has 46 heavy (non-hydrogen) atoms. The van der Waals surface area contributed by atoms with Crippen molar-refractivity contribution in [3.63, 3.8) is 0 Å². The van der Waals surface area contributed by atoms with Gasteiger partial charge in [0.2, 0.25) is 11.8 Å². The Labute approximate surface area is 278 Å². The van der Waals surface area contributed by atoms with Crippen LogP contribution in [0.25, 0.3) is 33.6 Å². The lowest BCUT2D eigenvalue weighted by Gasteiger charge is -2.20. The number of β-amino-alcohol motifs (C(OH)–C–C–N with tert-alkyl or cyclic N) is 1. The van der Waals surface area contributed by atoms with Crippen molar-refractivity contribution in [2.24, 2.45) is 0 Å². The molecule has 0 bridgehead atoms. The molecule has 1 amide bonds. The van der Waals surface area contributed by atoms with Crippen molar-refractivity contribution in [3.05, 3.63) is 82.0 Å². The SMILES string of the molecule is COc1nc(-c2cccc(-c3ccnc(-c4ccc5c(c4)OCCN(CC(C)O)C5)c3Cl)c2Cl)ccc1CNCC1CCC(=O)N1. The summed E-state index contributed by atoms with van der Waals surface area (Å²) in [4.78, 5) is 23.1. The third kappa shape index (κ3) is 7.14. The molecule has 9 nitrogen and oxygen atoms in total. The van der Waals surface area contributed by atoms with Gasteiger partial charge in [-0.25, -0.2) is 4.98 Å². The Bertz CT molecular complexity index is 1730. The van der Waals surface area contributed by atoms with E-state index in [2.05, 4.69) is 20.5 Å². The molecule has 0 aliphatic carbocycles. The number of aliphatic hydroxyl groups excluding tert-OH is 1. The van der Waals surface area contributed by atoms with Gasteiger partial charge in [-0.15, -0.1) is 0 Å². The minimum absolute atomic E-state index is 0.101. The fourth-order valence-electron chi connectivity index (χ4n) is 6.03. The number of ether oxygens (including phenoxy) is 2. The van der Waals surface area contributed by atoms with Crippen molar-refractivity contribution in [2.75, 3.05) is 33.4 Å². The fraction of sp³-hybridized carbons (Fsp3) is 0.343. The predicted octanol–water partition coefficient (Wildman–Crippen LogP) is 5.74. The van der Waals surface area contributed by atoms with Crippen LogP contribution in [-0.2, 0) is 17.9 Å². The molecule has 0 radical (unpaired) electrons. The van der Waals surface area contributed by atoms with Crippen LogP contribution in [0.4, 0.5) is 0 Å². The first-order valence-electron chi connectivity index (χ1n) is 15.4. The highest BCUT2D eigenvalue weighted by atomic mass is 35.5. The van der Waals surface area contributed by atoms with Gasteiger partial charge in [0.05, 0.1) is 34.6 Å². The van der Waals surface area contributed by atoms with E-state index < -0.39 is 6.10 Å². The van der Waals surface area contributed by atoms with E-state index in [4.69, 9.17) is 37.7 Å². The van der Waals surface area contributed by atoms with Crippen molar-refractivity contribution >= 4 is 29.1 Å². The summed E-state index contributed by atoms with van der Waals surface area (Å²) >= 11 is 14.1. The van der Waals surface area contributed by atoms with Crippen molar-refractivity contribution < 1.29 is 19.4 Å². The summed E-state index contributed by atoms with van der Waals surface area (Å²) in [6.45, 7) is 5.58. The number of pyridine rings is 2. The summed E-state index contributed by atoms with van der Waals surface area (Å²) in [5.74, 6) is 1.40. The van der Waals surface area contributed by atoms with E-state index in [0.29, 0.717) is 66.5 Å². The molecule has 2 aliphatic rings. The second-order valence-corrected chi connectivity index (χ2v) is 12.5. The van der Waals surface area contributed by atoms with Crippen LogP contribution in [0, 0.1) is 0 Å². The van der Waals surface area contributed by atoms with Crippen LogP contribution in [-0.4, -0.2) is 71.4 Å². The van der Waals surface area contributed by atoms with Crippen LogP contribution >= 0.6 is 23.2 Å². The molecule has 0 spiro atoms.